The standard InChI is InChI=1S/C14H14N2O2S/c1-9-8-19-14(15-9)7-18-13-4-2-3-10-11(13)5-6-12(10)16-17/h2-4,8,17H,5-7H2,1H3. The largest absolute Gasteiger partial charge is 0.486 e. The first-order chi connectivity index (χ1) is 9.28. The van der Waals surface area contributed by atoms with Crippen molar-refractivity contribution >= 4 is 17.0 Å². The predicted molar refractivity (Wildman–Crippen MR) is 74.3 cm³/mol. The van der Waals surface area contributed by atoms with Crippen molar-refractivity contribution in [2.24, 2.45) is 5.16 Å². The lowest BCUT2D eigenvalue weighted by molar-refractivity contribution is 0.302. The highest BCUT2D eigenvalue weighted by atomic mass is 32.1. The van der Waals surface area contributed by atoms with Gasteiger partial charge in [0, 0.05) is 22.2 Å². The molecule has 1 heterocycles. The zero-order chi connectivity index (χ0) is 13.2. The van der Waals surface area contributed by atoms with Crippen LogP contribution in [0.1, 0.15) is 28.2 Å². The van der Waals surface area contributed by atoms with Crippen molar-refractivity contribution in [3.63, 3.8) is 0 Å². The van der Waals surface area contributed by atoms with Crippen molar-refractivity contribution in [3.05, 3.63) is 45.4 Å². The summed E-state index contributed by atoms with van der Waals surface area (Å²) in [6.45, 7) is 2.46. The van der Waals surface area contributed by atoms with Gasteiger partial charge in [0.05, 0.1) is 5.71 Å². The van der Waals surface area contributed by atoms with E-state index in [1.54, 1.807) is 11.3 Å². The summed E-state index contributed by atoms with van der Waals surface area (Å²) in [4.78, 5) is 4.38. The molecule has 3 rings (SSSR count). The third-order valence-electron chi connectivity index (χ3n) is 3.19. The van der Waals surface area contributed by atoms with Gasteiger partial charge in [-0.25, -0.2) is 4.98 Å². The summed E-state index contributed by atoms with van der Waals surface area (Å²) in [6, 6.07) is 5.86. The van der Waals surface area contributed by atoms with Gasteiger partial charge in [-0.15, -0.1) is 11.3 Å². The fourth-order valence-electron chi connectivity index (χ4n) is 2.32. The smallest absolute Gasteiger partial charge is 0.140 e. The Bertz CT molecular complexity index is 634. The monoisotopic (exact) mass is 274 g/mol. The first-order valence-electron chi connectivity index (χ1n) is 6.15. The second-order valence-electron chi connectivity index (χ2n) is 4.50. The van der Waals surface area contributed by atoms with E-state index in [-0.39, 0.29) is 0 Å². The minimum Gasteiger partial charge on any atom is -0.486 e. The van der Waals surface area contributed by atoms with Crippen molar-refractivity contribution in [1.82, 2.24) is 4.98 Å². The number of ether oxygens (including phenoxy) is 1. The molecule has 4 nitrogen and oxygen atoms in total. The normalized spacial score (nSPS) is 15.7. The Balaban J connectivity index is 1.81. The zero-order valence-electron chi connectivity index (χ0n) is 10.6. The molecule has 0 spiro atoms. The molecule has 0 saturated carbocycles. The molecule has 98 valence electrons. The number of aromatic nitrogens is 1. The molecular weight excluding hydrogens is 260 g/mol. The first kappa shape index (κ1) is 12.2. The highest BCUT2D eigenvalue weighted by Crippen LogP contribution is 2.31. The maximum atomic E-state index is 8.95. The van der Waals surface area contributed by atoms with Gasteiger partial charge in [-0.3, -0.25) is 0 Å². The van der Waals surface area contributed by atoms with Crippen LogP contribution in [0.5, 0.6) is 5.75 Å². The second kappa shape index (κ2) is 5.01. The number of nitrogens with zero attached hydrogens (tertiary/aromatic N) is 2. The molecular formula is C14H14N2O2S. The Morgan fingerprint density at radius 1 is 1.42 bits per heavy atom. The van der Waals surface area contributed by atoms with E-state index >= 15 is 0 Å². The van der Waals surface area contributed by atoms with Gasteiger partial charge in [0.2, 0.25) is 0 Å². The van der Waals surface area contributed by atoms with E-state index in [1.165, 1.54) is 0 Å². The molecule has 5 heteroatoms. The van der Waals surface area contributed by atoms with Gasteiger partial charge in [0.1, 0.15) is 17.4 Å². The van der Waals surface area contributed by atoms with Crippen molar-refractivity contribution in [1.29, 1.82) is 0 Å². The van der Waals surface area contributed by atoms with Crippen LogP contribution in [-0.2, 0) is 13.0 Å². The lowest BCUT2D eigenvalue weighted by Gasteiger charge is -2.09. The Morgan fingerprint density at radius 2 is 2.32 bits per heavy atom. The molecule has 0 saturated heterocycles. The molecule has 1 aliphatic rings. The number of hydrogen-bond donors (Lipinski definition) is 1. The van der Waals surface area contributed by atoms with Crippen LogP contribution in [0, 0.1) is 6.92 Å². The van der Waals surface area contributed by atoms with Crippen LogP contribution in [0.15, 0.2) is 28.7 Å². The van der Waals surface area contributed by atoms with Crippen LogP contribution in [0.3, 0.4) is 0 Å². The van der Waals surface area contributed by atoms with Gasteiger partial charge in [0.25, 0.3) is 0 Å². The average molecular weight is 274 g/mol. The number of aryl methyl sites for hydroxylation is 1. The van der Waals surface area contributed by atoms with Crippen LogP contribution in [0.25, 0.3) is 0 Å². The lowest BCUT2D eigenvalue weighted by Crippen LogP contribution is -1.99. The van der Waals surface area contributed by atoms with Gasteiger partial charge >= 0.3 is 0 Å². The van der Waals surface area contributed by atoms with Crippen LogP contribution < -0.4 is 4.74 Å². The molecule has 1 aromatic carbocycles. The third-order valence-corrected chi connectivity index (χ3v) is 4.13. The van der Waals surface area contributed by atoms with Gasteiger partial charge in [0.15, 0.2) is 0 Å². The lowest BCUT2D eigenvalue weighted by atomic mass is 10.1. The summed E-state index contributed by atoms with van der Waals surface area (Å²) in [6.07, 6.45) is 1.63. The van der Waals surface area contributed by atoms with E-state index in [0.29, 0.717) is 6.61 Å². The molecule has 0 aliphatic heterocycles. The Labute approximate surface area is 115 Å². The summed E-state index contributed by atoms with van der Waals surface area (Å²) in [7, 11) is 0. The molecule has 0 unspecified atom stereocenters. The van der Waals surface area contributed by atoms with Gasteiger partial charge in [-0.05, 0) is 25.8 Å². The average Bonchev–Trinajstić information content (AvgIpc) is 3.02. The summed E-state index contributed by atoms with van der Waals surface area (Å²) in [5, 5.41) is 15.3. The third kappa shape index (κ3) is 2.33. The number of rotatable bonds is 3. The Kier molecular flexibility index (Phi) is 3.21. The summed E-state index contributed by atoms with van der Waals surface area (Å²) >= 11 is 1.61. The number of hydrogen-bond acceptors (Lipinski definition) is 5. The SMILES string of the molecule is Cc1csc(COc2cccc3c2CCC3=NO)n1. The Morgan fingerprint density at radius 3 is 3.05 bits per heavy atom. The van der Waals surface area contributed by atoms with Crippen molar-refractivity contribution in [3.8, 4) is 5.75 Å². The quantitative estimate of drug-likeness (QED) is 0.691. The van der Waals surface area contributed by atoms with Gasteiger partial charge < -0.3 is 9.94 Å². The van der Waals surface area contributed by atoms with E-state index in [2.05, 4.69) is 10.1 Å². The van der Waals surface area contributed by atoms with E-state index in [4.69, 9.17) is 9.94 Å². The molecule has 2 aromatic rings. The highest BCUT2D eigenvalue weighted by molar-refractivity contribution is 7.09. The van der Waals surface area contributed by atoms with Crippen molar-refractivity contribution in [2.75, 3.05) is 0 Å². The molecule has 0 radical (unpaired) electrons. The predicted octanol–water partition coefficient (Wildman–Crippen LogP) is 3.16. The summed E-state index contributed by atoms with van der Waals surface area (Å²) in [5.41, 5.74) is 3.89. The van der Waals surface area contributed by atoms with Crippen LogP contribution in [0.4, 0.5) is 0 Å². The first-order valence-corrected chi connectivity index (χ1v) is 7.03. The molecule has 0 fully saturated rings. The van der Waals surface area contributed by atoms with E-state index in [1.807, 2.05) is 30.5 Å². The molecule has 1 aliphatic carbocycles. The maximum absolute atomic E-state index is 8.95. The second-order valence-corrected chi connectivity index (χ2v) is 5.44. The van der Waals surface area contributed by atoms with Crippen molar-refractivity contribution < 1.29 is 9.94 Å². The van der Waals surface area contributed by atoms with Crippen LogP contribution >= 0.6 is 11.3 Å². The van der Waals surface area contributed by atoms with E-state index in [0.717, 1.165) is 46.1 Å². The molecule has 1 aromatic heterocycles. The maximum Gasteiger partial charge on any atom is 0.140 e. The molecule has 0 atom stereocenters. The zero-order valence-corrected chi connectivity index (χ0v) is 11.4. The van der Waals surface area contributed by atoms with Gasteiger partial charge in [-0.2, -0.15) is 0 Å². The van der Waals surface area contributed by atoms with Crippen molar-refractivity contribution in [2.45, 2.75) is 26.4 Å². The van der Waals surface area contributed by atoms with E-state index in [9.17, 15) is 0 Å². The minimum absolute atomic E-state index is 0.487. The van der Waals surface area contributed by atoms with Crippen LogP contribution in [0.2, 0.25) is 0 Å². The molecule has 1 N–H and O–H groups in total. The topological polar surface area (TPSA) is 54.7 Å². The van der Waals surface area contributed by atoms with Crippen LogP contribution in [-0.4, -0.2) is 15.9 Å². The fourth-order valence-corrected chi connectivity index (χ4v) is 3.00. The number of benzene rings is 1. The summed E-state index contributed by atoms with van der Waals surface area (Å²) < 4.78 is 5.85. The number of oxime groups is 1. The molecule has 19 heavy (non-hydrogen) atoms. The summed E-state index contributed by atoms with van der Waals surface area (Å²) in [5.74, 6) is 0.865. The minimum atomic E-state index is 0.487. The Hall–Kier alpha value is -1.88. The molecule has 0 amide bonds. The van der Waals surface area contributed by atoms with Gasteiger partial charge in [-0.1, -0.05) is 17.3 Å². The highest BCUT2D eigenvalue weighted by Gasteiger charge is 2.21. The van der Waals surface area contributed by atoms with E-state index < -0.39 is 0 Å². The number of thiazole rings is 1. The number of fused-ring (bicyclic) bond motifs is 1. The fraction of sp³-hybridized carbons (Fsp3) is 0.286. The molecule has 0 bridgehead atoms.